The van der Waals surface area contributed by atoms with Gasteiger partial charge in [0.05, 0.1) is 14.2 Å². The third-order valence-electron chi connectivity index (χ3n) is 3.14. The van der Waals surface area contributed by atoms with Gasteiger partial charge in [-0.2, -0.15) is 0 Å². The lowest BCUT2D eigenvalue weighted by molar-refractivity contribution is 0.251. The first-order valence-corrected chi connectivity index (χ1v) is 6.81. The third-order valence-corrected chi connectivity index (χ3v) is 3.14. The molecule has 0 atom stereocenters. The first-order chi connectivity index (χ1) is 10.6. The van der Waals surface area contributed by atoms with Crippen LogP contribution in [0.15, 0.2) is 36.5 Å². The quantitative estimate of drug-likeness (QED) is 0.890. The largest absolute Gasteiger partial charge is 0.493 e. The van der Waals surface area contributed by atoms with Gasteiger partial charge in [-0.15, -0.1) is 0 Å². The van der Waals surface area contributed by atoms with Gasteiger partial charge in [-0.25, -0.2) is 9.78 Å². The summed E-state index contributed by atoms with van der Waals surface area (Å²) in [7, 11) is 3.16. The monoisotopic (exact) mass is 301 g/mol. The molecule has 6 nitrogen and oxygen atoms in total. The second-order valence-corrected chi connectivity index (χ2v) is 4.67. The maximum atomic E-state index is 11.9. The van der Waals surface area contributed by atoms with Crippen molar-refractivity contribution in [2.75, 3.05) is 19.5 Å². The Bertz CT molecular complexity index is 659. The van der Waals surface area contributed by atoms with Crippen LogP contribution in [0.1, 0.15) is 11.1 Å². The molecule has 6 heteroatoms. The van der Waals surface area contributed by atoms with Crippen molar-refractivity contribution in [3.63, 3.8) is 0 Å². The van der Waals surface area contributed by atoms with Gasteiger partial charge < -0.3 is 14.8 Å². The van der Waals surface area contributed by atoms with Crippen LogP contribution in [0.5, 0.6) is 11.5 Å². The SMILES string of the molecule is COc1ccc(CNC(=O)Nc2ncccc2C)cc1OC. The van der Waals surface area contributed by atoms with Crippen molar-refractivity contribution in [1.82, 2.24) is 10.3 Å². The minimum Gasteiger partial charge on any atom is -0.493 e. The molecule has 0 saturated heterocycles. The number of urea groups is 1. The number of nitrogens with one attached hydrogen (secondary N) is 2. The van der Waals surface area contributed by atoms with Crippen molar-refractivity contribution in [1.29, 1.82) is 0 Å². The maximum Gasteiger partial charge on any atom is 0.320 e. The van der Waals surface area contributed by atoms with Crippen molar-refractivity contribution < 1.29 is 14.3 Å². The zero-order chi connectivity index (χ0) is 15.9. The van der Waals surface area contributed by atoms with Crippen LogP contribution in [-0.4, -0.2) is 25.2 Å². The number of methoxy groups -OCH3 is 2. The van der Waals surface area contributed by atoms with E-state index in [1.165, 1.54) is 0 Å². The number of aromatic nitrogens is 1. The fourth-order valence-corrected chi connectivity index (χ4v) is 1.94. The highest BCUT2D eigenvalue weighted by Gasteiger charge is 2.07. The van der Waals surface area contributed by atoms with Gasteiger partial charge in [-0.05, 0) is 36.2 Å². The summed E-state index contributed by atoms with van der Waals surface area (Å²) in [4.78, 5) is 16.0. The average Bonchev–Trinajstić information content (AvgIpc) is 2.54. The third kappa shape index (κ3) is 3.88. The summed E-state index contributed by atoms with van der Waals surface area (Å²) in [6.07, 6.45) is 1.64. The number of hydrogen-bond acceptors (Lipinski definition) is 4. The first-order valence-electron chi connectivity index (χ1n) is 6.81. The molecule has 1 heterocycles. The van der Waals surface area contributed by atoms with E-state index in [2.05, 4.69) is 15.6 Å². The Morgan fingerprint density at radius 1 is 1.18 bits per heavy atom. The summed E-state index contributed by atoms with van der Waals surface area (Å²) in [6.45, 7) is 2.26. The molecule has 0 bridgehead atoms. The number of carbonyl (C=O) groups is 1. The van der Waals surface area contributed by atoms with E-state index in [0.717, 1.165) is 11.1 Å². The van der Waals surface area contributed by atoms with Crippen molar-refractivity contribution in [3.05, 3.63) is 47.7 Å². The van der Waals surface area contributed by atoms with E-state index in [-0.39, 0.29) is 6.03 Å². The predicted molar refractivity (Wildman–Crippen MR) is 84.4 cm³/mol. The van der Waals surface area contributed by atoms with E-state index in [1.807, 2.05) is 31.2 Å². The first kappa shape index (κ1) is 15.6. The van der Waals surface area contributed by atoms with E-state index >= 15 is 0 Å². The van der Waals surface area contributed by atoms with Crippen LogP contribution in [0.4, 0.5) is 10.6 Å². The van der Waals surface area contributed by atoms with E-state index in [0.29, 0.717) is 23.9 Å². The number of pyridine rings is 1. The fourth-order valence-electron chi connectivity index (χ4n) is 1.94. The zero-order valence-corrected chi connectivity index (χ0v) is 12.8. The molecule has 1 aromatic carbocycles. The van der Waals surface area contributed by atoms with Crippen LogP contribution in [0.3, 0.4) is 0 Å². The van der Waals surface area contributed by atoms with Crippen molar-refractivity contribution in [3.8, 4) is 11.5 Å². The maximum absolute atomic E-state index is 11.9. The molecule has 1 aromatic heterocycles. The molecule has 0 radical (unpaired) electrons. The van der Waals surface area contributed by atoms with Crippen LogP contribution in [0.25, 0.3) is 0 Å². The molecule has 0 aliphatic carbocycles. The number of anilines is 1. The standard InChI is InChI=1S/C16H19N3O3/c1-11-5-4-8-17-15(11)19-16(20)18-10-12-6-7-13(21-2)14(9-12)22-3/h4-9H,10H2,1-3H3,(H2,17,18,19,20). The smallest absolute Gasteiger partial charge is 0.320 e. The van der Waals surface area contributed by atoms with E-state index in [4.69, 9.17) is 9.47 Å². The number of hydrogen-bond donors (Lipinski definition) is 2. The molecule has 0 saturated carbocycles. The van der Waals surface area contributed by atoms with E-state index in [1.54, 1.807) is 26.5 Å². The second kappa shape index (κ2) is 7.31. The number of benzene rings is 1. The summed E-state index contributed by atoms with van der Waals surface area (Å²) in [5.41, 5.74) is 1.81. The molecule has 2 rings (SSSR count). The molecule has 2 N–H and O–H groups in total. The van der Waals surface area contributed by atoms with Crippen molar-refractivity contribution in [2.24, 2.45) is 0 Å². The van der Waals surface area contributed by atoms with E-state index < -0.39 is 0 Å². The topological polar surface area (TPSA) is 72.5 Å². The Kier molecular flexibility index (Phi) is 5.19. The number of amides is 2. The lowest BCUT2D eigenvalue weighted by Gasteiger charge is -2.11. The summed E-state index contributed by atoms with van der Waals surface area (Å²) in [5, 5.41) is 5.49. The Balaban J connectivity index is 1.95. The van der Waals surface area contributed by atoms with Gasteiger partial charge in [0.2, 0.25) is 0 Å². The summed E-state index contributed by atoms with van der Waals surface area (Å²) in [5.74, 6) is 1.83. The molecule has 0 aliphatic rings. The molecule has 2 aromatic rings. The van der Waals surface area contributed by atoms with Gasteiger partial charge in [0.15, 0.2) is 11.5 Å². The normalized spacial score (nSPS) is 9.95. The van der Waals surface area contributed by atoms with Gasteiger partial charge in [0, 0.05) is 12.7 Å². The zero-order valence-electron chi connectivity index (χ0n) is 12.8. The highest BCUT2D eigenvalue weighted by atomic mass is 16.5. The van der Waals surface area contributed by atoms with Crippen LogP contribution < -0.4 is 20.1 Å². The Morgan fingerprint density at radius 2 is 1.95 bits per heavy atom. The van der Waals surface area contributed by atoms with Gasteiger partial charge >= 0.3 is 6.03 Å². The van der Waals surface area contributed by atoms with Crippen LogP contribution in [0.2, 0.25) is 0 Å². The number of carbonyl (C=O) groups excluding carboxylic acids is 1. The number of aryl methyl sites for hydroxylation is 1. The minimum atomic E-state index is -0.309. The number of ether oxygens (including phenoxy) is 2. The lowest BCUT2D eigenvalue weighted by Crippen LogP contribution is -2.28. The highest BCUT2D eigenvalue weighted by molar-refractivity contribution is 5.88. The molecule has 0 fully saturated rings. The summed E-state index contributed by atoms with van der Waals surface area (Å²) < 4.78 is 10.4. The second-order valence-electron chi connectivity index (χ2n) is 4.67. The molecule has 22 heavy (non-hydrogen) atoms. The van der Waals surface area contributed by atoms with Crippen LogP contribution >= 0.6 is 0 Å². The molecule has 116 valence electrons. The minimum absolute atomic E-state index is 0.309. The van der Waals surface area contributed by atoms with Crippen LogP contribution in [-0.2, 0) is 6.54 Å². The average molecular weight is 301 g/mol. The molecular weight excluding hydrogens is 282 g/mol. The highest BCUT2D eigenvalue weighted by Crippen LogP contribution is 2.27. The van der Waals surface area contributed by atoms with Crippen molar-refractivity contribution in [2.45, 2.75) is 13.5 Å². The molecular formula is C16H19N3O3. The van der Waals surface area contributed by atoms with Gasteiger partial charge in [-0.3, -0.25) is 5.32 Å². The van der Waals surface area contributed by atoms with Crippen molar-refractivity contribution >= 4 is 11.8 Å². The Hall–Kier alpha value is -2.76. The van der Waals surface area contributed by atoms with Gasteiger partial charge in [0.25, 0.3) is 0 Å². The Labute approximate surface area is 129 Å². The Morgan fingerprint density at radius 3 is 2.64 bits per heavy atom. The van der Waals surface area contributed by atoms with Gasteiger partial charge in [0.1, 0.15) is 5.82 Å². The lowest BCUT2D eigenvalue weighted by atomic mass is 10.2. The molecule has 0 unspecified atom stereocenters. The molecule has 0 spiro atoms. The molecule has 0 aliphatic heterocycles. The number of rotatable bonds is 5. The molecule has 2 amide bonds. The van der Waals surface area contributed by atoms with Gasteiger partial charge in [-0.1, -0.05) is 12.1 Å². The number of nitrogens with zero attached hydrogens (tertiary/aromatic N) is 1. The predicted octanol–water partition coefficient (Wildman–Crippen LogP) is 2.73. The summed E-state index contributed by atoms with van der Waals surface area (Å²) >= 11 is 0. The fraction of sp³-hybridized carbons (Fsp3) is 0.250. The summed E-state index contributed by atoms with van der Waals surface area (Å²) in [6, 6.07) is 8.89. The van der Waals surface area contributed by atoms with Crippen LogP contribution in [0, 0.1) is 6.92 Å². The van der Waals surface area contributed by atoms with E-state index in [9.17, 15) is 4.79 Å².